The molecule has 11 heavy (non-hydrogen) atoms. The van der Waals surface area contributed by atoms with Gasteiger partial charge in [-0.2, -0.15) is 12.6 Å². The van der Waals surface area contributed by atoms with Crippen molar-refractivity contribution in [1.82, 2.24) is 0 Å². The van der Waals surface area contributed by atoms with Crippen LogP contribution in [0.5, 0.6) is 0 Å². The third kappa shape index (κ3) is 3.50. The van der Waals surface area contributed by atoms with E-state index in [0.29, 0.717) is 5.92 Å². The van der Waals surface area contributed by atoms with E-state index in [2.05, 4.69) is 34.6 Å². The van der Waals surface area contributed by atoms with Crippen molar-refractivity contribution in [2.45, 2.75) is 52.2 Å². The molecule has 1 heteroatoms. The van der Waals surface area contributed by atoms with Gasteiger partial charge in [-0.15, -0.1) is 0 Å². The van der Waals surface area contributed by atoms with Gasteiger partial charge >= 0.3 is 0 Å². The lowest BCUT2D eigenvalue weighted by molar-refractivity contribution is 0.353. The highest BCUT2D eigenvalue weighted by atomic mass is 32.1. The predicted octanol–water partition coefficient (Wildman–Crippen LogP) is 3.77. The lowest BCUT2D eigenvalue weighted by atomic mass is 9.84. The quantitative estimate of drug-likeness (QED) is 0.616. The molecule has 0 aromatic rings. The topological polar surface area (TPSA) is 0 Å². The Morgan fingerprint density at radius 1 is 1.18 bits per heavy atom. The fourth-order valence-electron chi connectivity index (χ4n) is 1.50. The zero-order valence-corrected chi connectivity index (χ0v) is 9.41. The molecule has 0 saturated carbocycles. The average Bonchev–Trinajstić information content (AvgIpc) is 1.86. The molecular weight excluding hydrogens is 152 g/mol. The van der Waals surface area contributed by atoms with Crippen LogP contribution in [0.25, 0.3) is 0 Å². The second-order valence-electron chi connectivity index (χ2n) is 4.21. The normalized spacial score (nSPS) is 17.5. The fourth-order valence-corrected chi connectivity index (χ4v) is 1.86. The zero-order chi connectivity index (χ0) is 9.07. The van der Waals surface area contributed by atoms with E-state index >= 15 is 0 Å². The van der Waals surface area contributed by atoms with Crippen molar-refractivity contribution in [2.75, 3.05) is 0 Å². The summed E-state index contributed by atoms with van der Waals surface area (Å²) in [5, 5.41) is 0. The first-order chi connectivity index (χ1) is 4.92. The summed E-state index contributed by atoms with van der Waals surface area (Å²) in [6, 6.07) is 0. The first-order valence-electron chi connectivity index (χ1n) is 4.64. The molecule has 1 atom stereocenters. The first-order valence-corrected chi connectivity index (χ1v) is 5.09. The van der Waals surface area contributed by atoms with Crippen molar-refractivity contribution in [3.8, 4) is 0 Å². The standard InChI is InChI=1S/C10H22S/c1-6-10(11,9(4)5)7-8(2)3/h8-9,11H,6-7H2,1-5H3/t10-/m0/s1. The van der Waals surface area contributed by atoms with Crippen molar-refractivity contribution >= 4 is 12.6 Å². The van der Waals surface area contributed by atoms with Gasteiger partial charge in [0.05, 0.1) is 0 Å². The summed E-state index contributed by atoms with van der Waals surface area (Å²) in [4.78, 5) is 0. The van der Waals surface area contributed by atoms with E-state index in [1.807, 2.05) is 0 Å². The van der Waals surface area contributed by atoms with Gasteiger partial charge in [-0.1, -0.05) is 34.6 Å². The molecule has 0 heterocycles. The maximum atomic E-state index is 4.75. The molecule has 0 aliphatic rings. The Kier molecular flexibility index (Phi) is 4.53. The van der Waals surface area contributed by atoms with Gasteiger partial charge < -0.3 is 0 Å². The second kappa shape index (κ2) is 4.39. The Morgan fingerprint density at radius 3 is 1.73 bits per heavy atom. The van der Waals surface area contributed by atoms with Crippen LogP contribution < -0.4 is 0 Å². The summed E-state index contributed by atoms with van der Waals surface area (Å²) < 4.78 is 0.258. The van der Waals surface area contributed by atoms with Crippen LogP contribution in [0, 0.1) is 11.8 Å². The van der Waals surface area contributed by atoms with Crippen LogP contribution in [0.1, 0.15) is 47.5 Å². The Bertz CT molecular complexity index is 107. The van der Waals surface area contributed by atoms with Gasteiger partial charge in [0.1, 0.15) is 0 Å². The lowest BCUT2D eigenvalue weighted by Crippen LogP contribution is -2.29. The van der Waals surface area contributed by atoms with E-state index in [1.165, 1.54) is 12.8 Å². The molecule has 0 aromatic heterocycles. The molecule has 68 valence electrons. The molecule has 0 saturated heterocycles. The van der Waals surface area contributed by atoms with Gasteiger partial charge in [-0.05, 0) is 24.7 Å². The minimum absolute atomic E-state index is 0.258. The summed E-state index contributed by atoms with van der Waals surface area (Å²) >= 11 is 4.75. The molecule has 0 amide bonds. The summed E-state index contributed by atoms with van der Waals surface area (Å²) in [7, 11) is 0. The van der Waals surface area contributed by atoms with E-state index in [0.717, 1.165) is 5.92 Å². The van der Waals surface area contributed by atoms with Crippen molar-refractivity contribution in [1.29, 1.82) is 0 Å². The van der Waals surface area contributed by atoms with Crippen molar-refractivity contribution in [3.63, 3.8) is 0 Å². The summed E-state index contributed by atoms with van der Waals surface area (Å²) in [6.07, 6.45) is 2.40. The molecule has 0 fully saturated rings. The van der Waals surface area contributed by atoms with Crippen LogP contribution in [0.2, 0.25) is 0 Å². The van der Waals surface area contributed by atoms with Gasteiger partial charge in [0, 0.05) is 4.75 Å². The van der Waals surface area contributed by atoms with Crippen molar-refractivity contribution < 1.29 is 0 Å². The largest absolute Gasteiger partial charge is 0.172 e. The number of hydrogen-bond acceptors (Lipinski definition) is 1. The second-order valence-corrected chi connectivity index (χ2v) is 5.10. The Hall–Kier alpha value is 0.350. The molecule has 0 aliphatic carbocycles. The third-order valence-corrected chi connectivity index (χ3v) is 3.46. The molecular formula is C10H22S. The maximum Gasteiger partial charge on any atom is 0.0152 e. The first kappa shape index (κ1) is 11.4. The summed E-state index contributed by atoms with van der Waals surface area (Å²) in [5.41, 5.74) is 0. The summed E-state index contributed by atoms with van der Waals surface area (Å²) in [6.45, 7) is 11.3. The van der Waals surface area contributed by atoms with E-state index in [4.69, 9.17) is 12.6 Å². The average molecular weight is 174 g/mol. The Labute approximate surface area is 77.2 Å². The molecule has 0 aliphatic heterocycles. The van der Waals surface area contributed by atoms with Crippen LogP contribution >= 0.6 is 12.6 Å². The highest BCUT2D eigenvalue weighted by Crippen LogP contribution is 2.34. The van der Waals surface area contributed by atoms with Crippen LogP contribution in [-0.2, 0) is 0 Å². The molecule has 0 unspecified atom stereocenters. The fraction of sp³-hybridized carbons (Fsp3) is 1.00. The van der Waals surface area contributed by atoms with Gasteiger partial charge in [0.2, 0.25) is 0 Å². The van der Waals surface area contributed by atoms with E-state index < -0.39 is 0 Å². The van der Waals surface area contributed by atoms with E-state index in [9.17, 15) is 0 Å². The molecule has 0 rings (SSSR count). The van der Waals surface area contributed by atoms with Crippen molar-refractivity contribution in [3.05, 3.63) is 0 Å². The Balaban J connectivity index is 4.10. The zero-order valence-electron chi connectivity index (χ0n) is 8.52. The molecule has 0 spiro atoms. The van der Waals surface area contributed by atoms with Crippen LogP contribution in [0.3, 0.4) is 0 Å². The minimum atomic E-state index is 0.258. The Morgan fingerprint density at radius 2 is 1.64 bits per heavy atom. The molecule has 0 radical (unpaired) electrons. The monoisotopic (exact) mass is 174 g/mol. The molecule has 0 nitrogen and oxygen atoms in total. The van der Waals surface area contributed by atoms with E-state index in [1.54, 1.807) is 0 Å². The molecule has 0 bridgehead atoms. The van der Waals surface area contributed by atoms with Crippen molar-refractivity contribution in [2.24, 2.45) is 11.8 Å². The van der Waals surface area contributed by atoms with Crippen LogP contribution in [0.15, 0.2) is 0 Å². The third-order valence-electron chi connectivity index (χ3n) is 2.45. The number of thiol groups is 1. The highest BCUT2D eigenvalue weighted by Gasteiger charge is 2.27. The summed E-state index contributed by atoms with van der Waals surface area (Å²) in [5.74, 6) is 1.44. The minimum Gasteiger partial charge on any atom is -0.172 e. The predicted molar refractivity (Wildman–Crippen MR) is 56.3 cm³/mol. The highest BCUT2D eigenvalue weighted by molar-refractivity contribution is 7.81. The number of rotatable bonds is 4. The van der Waals surface area contributed by atoms with Gasteiger partial charge in [0.25, 0.3) is 0 Å². The van der Waals surface area contributed by atoms with E-state index in [-0.39, 0.29) is 4.75 Å². The van der Waals surface area contributed by atoms with Crippen LogP contribution in [-0.4, -0.2) is 4.75 Å². The smallest absolute Gasteiger partial charge is 0.0152 e. The lowest BCUT2D eigenvalue weighted by Gasteiger charge is -2.33. The SMILES string of the molecule is CC[C@](S)(CC(C)C)C(C)C. The van der Waals surface area contributed by atoms with Gasteiger partial charge in [-0.3, -0.25) is 0 Å². The maximum absolute atomic E-state index is 4.75. The van der Waals surface area contributed by atoms with Gasteiger partial charge in [0.15, 0.2) is 0 Å². The van der Waals surface area contributed by atoms with Crippen LogP contribution in [0.4, 0.5) is 0 Å². The molecule has 0 aromatic carbocycles. The number of hydrogen-bond donors (Lipinski definition) is 1. The molecule has 0 N–H and O–H groups in total. The van der Waals surface area contributed by atoms with Gasteiger partial charge in [-0.25, -0.2) is 0 Å².